The number of primary amides is 1. The summed E-state index contributed by atoms with van der Waals surface area (Å²) in [5, 5.41) is 0. The highest BCUT2D eigenvalue weighted by Gasteiger charge is 2.06. The Morgan fingerprint density at radius 2 is 1.94 bits per heavy atom. The summed E-state index contributed by atoms with van der Waals surface area (Å²) in [4.78, 5) is 10.6. The molecule has 17 heavy (non-hydrogen) atoms. The monoisotopic (exact) mass is 234 g/mol. The summed E-state index contributed by atoms with van der Waals surface area (Å²) < 4.78 is 0. The van der Waals surface area contributed by atoms with Gasteiger partial charge in [0.15, 0.2) is 0 Å². The molecule has 0 radical (unpaired) electrons. The highest BCUT2D eigenvalue weighted by molar-refractivity contribution is 5.73. The molecule has 94 valence electrons. The molecular formula is C14H22N2O. The van der Waals surface area contributed by atoms with Crippen molar-refractivity contribution in [2.45, 2.75) is 45.1 Å². The number of amides is 1. The Labute approximate surface area is 103 Å². The number of carbonyl (C=O) groups excluding carboxylic acids is 1. The zero-order valence-corrected chi connectivity index (χ0v) is 10.5. The van der Waals surface area contributed by atoms with Gasteiger partial charge < -0.3 is 11.5 Å². The fourth-order valence-electron chi connectivity index (χ4n) is 1.88. The van der Waals surface area contributed by atoms with Crippen LogP contribution >= 0.6 is 0 Å². The maximum absolute atomic E-state index is 10.6. The maximum Gasteiger partial charge on any atom is 0.217 e. The van der Waals surface area contributed by atoms with E-state index in [1.165, 1.54) is 5.56 Å². The van der Waals surface area contributed by atoms with Crippen molar-refractivity contribution in [3.05, 3.63) is 35.4 Å². The van der Waals surface area contributed by atoms with E-state index in [9.17, 15) is 4.79 Å². The van der Waals surface area contributed by atoms with E-state index < -0.39 is 0 Å². The van der Waals surface area contributed by atoms with Crippen molar-refractivity contribution >= 4 is 5.91 Å². The van der Waals surface area contributed by atoms with Gasteiger partial charge in [0.1, 0.15) is 0 Å². The number of hydrogen-bond acceptors (Lipinski definition) is 2. The second-order valence-electron chi connectivity index (χ2n) is 4.46. The van der Waals surface area contributed by atoms with Gasteiger partial charge in [0.25, 0.3) is 0 Å². The zero-order valence-electron chi connectivity index (χ0n) is 10.5. The lowest BCUT2D eigenvalue weighted by Gasteiger charge is -2.12. The first kappa shape index (κ1) is 13.7. The third kappa shape index (κ3) is 5.00. The van der Waals surface area contributed by atoms with Gasteiger partial charge in [-0.25, -0.2) is 0 Å². The number of aryl methyl sites for hydroxylation is 1. The van der Waals surface area contributed by atoms with Crippen molar-refractivity contribution in [1.82, 2.24) is 0 Å². The van der Waals surface area contributed by atoms with Gasteiger partial charge in [-0.3, -0.25) is 4.79 Å². The fourth-order valence-corrected chi connectivity index (χ4v) is 1.88. The van der Waals surface area contributed by atoms with Gasteiger partial charge in [0.05, 0.1) is 0 Å². The normalized spacial score (nSPS) is 12.4. The van der Waals surface area contributed by atoms with Crippen LogP contribution in [0.3, 0.4) is 0 Å². The molecular weight excluding hydrogens is 212 g/mol. The van der Waals surface area contributed by atoms with E-state index in [4.69, 9.17) is 11.5 Å². The Hall–Kier alpha value is -1.35. The van der Waals surface area contributed by atoms with E-state index in [1.807, 2.05) is 0 Å². The van der Waals surface area contributed by atoms with Crippen LogP contribution in [0.1, 0.15) is 49.8 Å². The molecule has 0 aliphatic rings. The first-order valence-corrected chi connectivity index (χ1v) is 6.26. The van der Waals surface area contributed by atoms with E-state index >= 15 is 0 Å². The molecule has 0 aromatic heterocycles. The summed E-state index contributed by atoms with van der Waals surface area (Å²) in [6, 6.07) is 8.43. The molecule has 0 heterocycles. The molecule has 1 atom stereocenters. The van der Waals surface area contributed by atoms with E-state index in [-0.39, 0.29) is 11.9 Å². The minimum atomic E-state index is -0.254. The Balaban J connectivity index is 2.45. The van der Waals surface area contributed by atoms with Crippen LogP contribution in [0.25, 0.3) is 0 Å². The topological polar surface area (TPSA) is 69.1 Å². The lowest BCUT2D eigenvalue weighted by molar-refractivity contribution is -0.118. The summed E-state index contributed by atoms with van der Waals surface area (Å²) in [6.07, 6.45) is 4.24. The number of nitrogens with two attached hydrogens (primary N) is 2. The minimum absolute atomic E-state index is 0.00465. The lowest BCUT2D eigenvalue weighted by Crippen LogP contribution is -2.14. The third-order valence-electron chi connectivity index (χ3n) is 2.88. The van der Waals surface area contributed by atoms with Crippen molar-refractivity contribution in [3.8, 4) is 0 Å². The molecule has 0 aliphatic carbocycles. The molecule has 3 nitrogen and oxygen atoms in total. The fraction of sp³-hybridized carbons (Fsp3) is 0.500. The highest BCUT2D eigenvalue weighted by Crippen LogP contribution is 2.17. The molecule has 4 N–H and O–H groups in total. The van der Waals surface area contributed by atoms with Crippen molar-refractivity contribution in [2.24, 2.45) is 11.5 Å². The Morgan fingerprint density at radius 3 is 2.47 bits per heavy atom. The second kappa shape index (κ2) is 7.07. The van der Waals surface area contributed by atoms with Crippen LogP contribution in [-0.2, 0) is 11.2 Å². The van der Waals surface area contributed by atoms with Crippen LogP contribution in [0.5, 0.6) is 0 Å². The van der Waals surface area contributed by atoms with Crippen LogP contribution in [0, 0.1) is 0 Å². The summed E-state index contributed by atoms with van der Waals surface area (Å²) in [5.41, 5.74) is 13.6. The molecule has 0 spiro atoms. The van der Waals surface area contributed by atoms with E-state index in [0.717, 1.165) is 31.2 Å². The van der Waals surface area contributed by atoms with Gasteiger partial charge in [-0.2, -0.15) is 0 Å². The predicted molar refractivity (Wildman–Crippen MR) is 70.4 cm³/mol. The van der Waals surface area contributed by atoms with Crippen LogP contribution < -0.4 is 11.5 Å². The number of rotatable bonds is 7. The summed E-state index contributed by atoms with van der Waals surface area (Å²) in [6.45, 7) is 2.17. The van der Waals surface area contributed by atoms with E-state index in [1.54, 1.807) is 0 Å². The van der Waals surface area contributed by atoms with Crippen LogP contribution in [0.4, 0.5) is 0 Å². The van der Waals surface area contributed by atoms with Crippen molar-refractivity contribution in [3.63, 3.8) is 0 Å². The SMILES string of the molecule is CCCc1ccc(C(N)CCCC(N)=O)cc1. The van der Waals surface area contributed by atoms with Gasteiger partial charge in [-0.1, -0.05) is 37.6 Å². The minimum Gasteiger partial charge on any atom is -0.370 e. The average Bonchev–Trinajstić information content (AvgIpc) is 2.30. The smallest absolute Gasteiger partial charge is 0.217 e. The van der Waals surface area contributed by atoms with Gasteiger partial charge in [0.2, 0.25) is 5.91 Å². The summed E-state index contributed by atoms with van der Waals surface area (Å²) in [7, 11) is 0. The van der Waals surface area contributed by atoms with Crippen molar-refractivity contribution < 1.29 is 4.79 Å². The second-order valence-corrected chi connectivity index (χ2v) is 4.46. The van der Waals surface area contributed by atoms with Crippen molar-refractivity contribution in [1.29, 1.82) is 0 Å². The van der Waals surface area contributed by atoms with Crippen LogP contribution in [0.2, 0.25) is 0 Å². The maximum atomic E-state index is 10.6. The third-order valence-corrected chi connectivity index (χ3v) is 2.88. The molecule has 0 saturated heterocycles. The molecule has 1 unspecified atom stereocenters. The Morgan fingerprint density at radius 1 is 1.29 bits per heavy atom. The lowest BCUT2D eigenvalue weighted by atomic mass is 9.99. The Bertz CT molecular complexity index is 346. The number of carbonyl (C=O) groups is 1. The molecule has 0 bridgehead atoms. The molecule has 0 fully saturated rings. The van der Waals surface area contributed by atoms with Crippen LogP contribution in [0.15, 0.2) is 24.3 Å². The first-order chi connectivity index (χ1) is 8.13. The average molecular weight is 234 g/mol. The molecule has 0 saturated carbocycles. The first-order valence-electron chi connectivity index (χ1n) is 6.26. The summed E-state index contributed by atoms with van der Waals surface area (Å²) in [5.74, 6) is -0.254. The predicted octanol–water partition coefficient (Wildman–Crippen LogP) is 2.29. The van der Waals surface area contributed by atoms with Gasteiger partial charge >= 0.3 is 0 Å². The molecule has 1 amide bonds. The molecule has 1 rings (SSSR count). The molecule has 1 aromatic carbocycles. The highest BCUT2D eigenvalue weighted by atomic mass is 16.1. The summed E-state index contributed by atoms with van der Waals surface area (Å²) >= 11 is 0. The van der Waals surface area contributed by atoms with Gasteiger partial charge in [-0.15, -0.1) is 0 Å². The van der Waals surface area contributed by atoms with Crippen molar-refractivity contribution in [2.75, 3.05) is 0 Å². The number of hydrogen-bond donors (Lipinski definition) is 2. The van der Waals surface area contributed by atoms with E-state index in [2.05, 4.69) is 31.2 Å². The zero-order chi connectivity index (χ0) is 12.7. The molecule has 0 aliphatic heterocycles. The molecule has 1 aromatic rings. The van der Waals surface area contributed by atoms with E-state index in [0.29, 0.717) is 6.42 Å². The number of benzene rings is 1. The quantitative estimate of drug-likeness (QED) is 0.760. The Kier molecular flexibility index (Phi) is 5.70. The van der Waals surface area contributed by atoms with Crippen LogP contribution in [-0.4, -0.2) is 5.91 Å². The van der Waals surface area contributed by atoms with Gasteiger partial charge in [-0.05, 0) is 30.4 Å². The standard InChI is InChI=1S/C14H22N2O/c1-2-4-11-7-9-12(10-8-11)13(15)5-3-6-14(16)17/h7-10,13H,2-6,15H2,1H3,(H2,16,17). The van der Waals surface area contributed by atoms with Gasteiger partial charge in [0, 0.05) is 12.5 Å². The molecule has 3 heteroatoms. The largest absolute Gasteiger partial charge is 0.370 e.